The molecule has 53 heavy (non-hydrogen) atoms. The maximum Gasteiger partial charge on any atom is 0.235 e. The van der Waals surface area contributed by atoms with Crippen molar-refractivity contribution in [3.8, 4) is 28.3 Å². The number of fused-ring (bicyclic) bond motifs is 12. The lowest BCUT2D eigenvalue weighted by Crippen LogP contribution is -2.03. The summed E-state index contributed by atoms with van der Waals surface area (Å²) in [5, 5.41) is 10.5. The van der Waals surface area contributed by atoms with Gasteiger partial charge in [-0.2, -0.15) is 0 Å². The van der Waals surface area contributed by atoms with E-state index in [1.165, 1.54) is 36.3 Å². The zero-order chi connectivity index (χ0) is 34.6. The van der Waals surface area contributed by atoms with E-state index in [0.717, 1.165) is 71.6 Å². The van der Waals surface area contributed by atoms with Crippen molar-refractivity contribution < 1.29 is 4.42 Å². The molecule has 0 bridgehead atoms. The molecule has 12 aromatic rings. The van der Waals surface area contributed by atoms with Gasteiger partial charge < -0.3 is 4.42 Å². The lowest BCUT2D eigenvalue weighted by molar-refractivity contribution is 0.669. The number of furan rings is 1. The molecule has 0 atom stereocenters. The lowest BCUT2D eigenvalue weighted by atomic mass is 9.94. The lowest BCUT2D eigenvalue weighted by Gasteiger charge is -2.13. The summed E-state index contributed by atoms with van der Waals surface area (Å²) in [7, 11) is 0. The van der Waals surface area contributed by atoms with Gasteiger partial charge in [0, 0.05) is 52.7 Å². The van der Waals surface area contributed by atoms with Gasteiger partial charge in [-0.15, -0.1) is 11.3 Å². The Labute approximate surface area is 306 Å². The molecule has 0 unspecified atom stereocenters. The Morgan fingerprint density at radius 2 is 1.19 bits per heavy atom. The first-order chi connectivity index (χ1) is 26.3. The highest BCUT2D eigenvalue weighted by molar-refractivity contribution is 7.26. The predicted octanol–water partition coefficient (Wildman–Crippen LogP) is 13.5. The van der Waals surface area contributed by atoms with Crippen LogP contribution in [0.5, 0.6) is 0 Å². The highest BCUT2D eigenvalue weighted by Crippen LogP contribution is 2.45. The molecule has 0 aliphatic rings. The minimum atomic E-state index is 0.640. The molecule has 0 saturated carbocycles. The number of benzene rings is 8. The van der Waals surface area contributed by atoms with Crippen molar-refractivity contribution in [3.63, 3.8) is 0 Å². The summed E-state index contributed by atoms with van der Waals surface area (Å²) in [6.45, 7) is 0. The molecule has 5 heteroatoms. The van der Waals surface area contributed by atoms with Crippen LogP contribution >= 0.6 is 11.3 Å². The zero-order valence-electron chi connectivity index (χ0n) is 28.2. The molecule has 0 fully saturated rings. The molecule has 0 amide bonds. The van der Waals surface area contributed by atoms with Crippen molar-refractivity contribution in [2.24, 2.45) is 0 Å². The van der Waals surface area contributed by atoms with Crippen molar-refractivity contribution >= 4 is 96.9 Å². The second-order valence-corrected chi connectivity index (χ2v) is 14.8. The third-order valence-corrected chi connectivity index (χ3v) is 11.9. The van der Waals surface area contributed by atoms with E-state index in [0.29, 0.717) is 5.95 Å². The summed E-state index contributed by atoms with van der Waals surface area (Å²) in [5.41, 5.74) is 8.85. The Morgan fingerprint density at radius 1 is 0.453 bits per heavy atom. The predicted molar refractivity (Wildman–Crippen MR) is 222 cm³/mol. The molecule has 0 radical (unpaired) electrons. The summed E-state index contributed by atoms with van der Waals surface area (Å²) in [6.07, 6.45) is 0. The number of thiophene rings is 1. The summed E-state index contributed by atoms with van der Waals surface area (Å²) >= 11 is 1.84. The van der Waals surface area contributed by atoms with E-state index in [4.69, 9.17) is 14.4 Å². The number of rotatable bonds is 3. The molecule has 4 aromatic heterocycles. The quantitative estimate of drug-likeness (QED) is 0.185. The fraction of sp³-hybridized carbons (Fsp3) is 0. The molecule has 12 rings (SSSR count). The first-order valence-corrected chi connectivity index (χ1v) is 18.6. The van der Waals surface area contributed by atoms with Gasteiger partial charge in [0.05, 0.1) is 22.2 Å². The third kappa shape index (κ3) is 4.17. The molecule has 0 saturated heterocycles. The van der Waals surface area contributed by atoms with Crippen molar-refractivity contribution in [2.45, 2.75) is 0 Å². The van der Waals surface area contributed by atoms with E-state index in [1.54, 1.807) is 0 Å². The fourth-order valence-corrected chi connectivity index (χ4v) is 9.56. The van der Waals surface area contributed by atoms with Crippen molar-refractivity contribution in [1.29, 1.82) is 0 Å². The van der Waals surface area contributed by atoms with Crippen LogP contribution in [0, 0.1) is 0 Å². The van der Waals surface area contributed by atoms with Gasteiger partial charge in [0.2, 0.25) is 5.95 Å². The van der Waals surface area contributed by atoms with Crippen LogP contribution in [0.25, 0.3) is 114 Å². The van der Waals surface area contributed by atoms with E-state index < -0.39 is 0 Å². The molecule has 4 heterocycles. The number of hydrogen-bond donors (Lipinski definition) is 0. The number of aromatic nitrogens is 3. The van der Waals surface area contributed by atoms with Gasteiger partial charge in [-0.05, 0) is 76.5 Å². The molecule has 4 nitrogen and oxygen atoms in total. The Morgan fingerprint density at radius 3 is 2.08 bits per heavy atom. The summed E-state index contributed by atoms with van der Waals surface area (Å²) in [5.74, 6) is 0.640. The molecule has 246 valence electrons. The number of para-hydroxylation sites is 2. The topological polar surface area (TPSA) is 43.9 Å². The SMILES string of the molecule is c1ccc(-c2cc(-c3nc(-n4c5ccccc5c5c6c(ccc54)sc4ccccc46)nc4ccccc34)cc3oc4cc5ccccc5cc4c23)cc1. The van der Waals surface area contributed by atoms with E-state index >= 15 is 0 Å². The van der Waals surface area contributed by atoms with E-state index in [9.17, 15) is 0 Å². The number of hydrogen-bond acceptors (Lipinski definition) is 4. The van der Waals surface area contributed by atoms with Crippen molar-refractivity contribution in [3.05, 3.63) is 164 Å². The van der Waals surface area contributed by atoms with Gasteiger partial charge in [0.1, 0.15) is 11.2 Å². The van der Waals surface area contributed by atoms with Crippen molar-refractivity contribution in [1.82, 2.24) is 14.5 Å². The second-order valence-electron chi connectivity index (χ2n) is 13.7. The summed E-state index contributed by atoms with van der Waals surface area (Å²) in [4.78, 5) is 10.8. The van der Waals surface area contributed by atoms with Gasteiger partial charge >= 0.3 is 0 Å². The summed E-state index contributed by atoms with van der Waals surface area (Å²) < 4.78 is 11.6. The Kier molecular flexibility index (Phi) is 5.90. The first kappa shape index (κ1) is 28.8. The van der Waals surface area contributed by atoms with Crippen LogP contribution in [0.1, 0.15) is 0 Å². The van der Waals surface area contributed by atoms with Crippen molar-refractivity contribution in [2.75, 3.05) is 0 Å². The van der Waals surface area contributed by atoms with Crippen LogP contribution in [0.3, 0.4) is 0 Å². The maximum atomic E-state index is 6.74. The van der Waals surface area contributed by atoms with E-state index in [2.05, 4.69) is 168 Å². The normalized spacial score (nSPS) is 12.2. The van der Waals surface area contributed by atoms with Gasteiger partial charge in [0.15, 0.2) is 0 Å². The van der Waals surface area contributed by atoms with Crippen LogP contribution in [0.2, 0.25) is 0 Å². The first-order valence-electron chi connectivity index (χ1n) is 17.8. The molecule has 0 aliphatic heterocycles. The Bertz CT molecular complexity index is 3460. The Balaban J connectivity index is 1.18. The Hall–Kier alpha value is -6.82. The van der Waals surface area contributed by atoms with Crippen LogP contribution in [0.15, 0.2) is 168 Å². The van der Waals surface area contributed by atoms with E-state index in [-0.39, 0.29) is 0 Å². The molecular weight excluding hydrogens is 667 g/mol. The van der Waals surface area contributed by atoms with Gasteiger partial charge in [-0.3, -0.25) is 4.57 Å². The smallest absolute Gasteiger partial charge is 0.235 e. The minimum Gasteiger partial charge on any atom is -0.456 e. The number of nitrogens with zero attached hydrogens (tertiary/aromatic N) is 3. The molecule has 0 aliphatic carbocycles. The fourth-order valence-electron chi connectivity index (χ4n) is 8.45. The minimum absolute atomic E-state index is 0.640. The average molecular weight is 694 g/mol. The van der Waals surface area contributed by atoms with Crippen LogP contribution in [-0.4, -0.2) is 14.5 Å². The monoisotopic (exact) mass is 693 g/mol. The summed E-state index contributed by atoms with van der Waals surface area (Å²) in [6, 6.07) is 58.1. The average Bonchev–Trinajstić information content (AvgIpc) is 3.88. The van der Waals surface area contributed by atoms with Gasteiger partial charge in [0.25, 0.3) is 0 Å². The zero-order valence-corrected chi connectivity index (χ0v) is 29.1. The third-order valence-electron chi connectivity index (χ3n) is 10.8. The van der Waals surface area contributed by atoms with Crippen LogP contribution < -0.4 is 0 Å². The van der Waals surface area contributed by atoms with Crippen LogP contribution in [-0.2, 0) is 0 Å². The van der Waals surface area contributed by atoms with Crippen LogP contribution in [0.4, 0.5) is 0 Å². The van der Waals surface area contributed by atoms with E-state index in [1.807, 2.05) is 11.3 Å². The molecule has 0 N–H and O–H groups in total. The molecule has 0 spiro atoms. The van der Waals surface area contributed by atoms with Gasteiger partial charge in [-0.25, -0.2) is 9.97 Å². The highest BCUT2D eigenvalue weighted by Gasteiger charge is 2.22. The maximum absolute atomic E-state index is 6.74. The van der Waals surface area contributed by atoms with Gasteiger partial charge in [-0.1, -0.05) is 109 Å². The second kappa shape index (κ2) is 10.8. The standard InChI is InChI=1S/C48H27N3OS/c1-2-12-28(13-3-1)35-25-31(27-41-44(35)36-24-29-14-4-5-15-30(29)26-40(36)52-41)47-32-16-6-9-19-37(32)49-48(50-47)51-38-20-10-7-17-33(38)45-39(51)22-23-43-46(45)34-18-8-11-21-42(34)53-43/h1-27H. The largest absolute Gasteiger partial charge is 0.456 e. The molecule has 8 aromatic carbocycles. The highest BCUT2D eigenvalue weighted by atomic mass is 32.1. The molecular formula is C48H27N3OS.